The van der Waals surface area contributed by atoms with E-state index in [1.165, 1.54) is 0 Å². The minimum absolute atomic E-state index is 0.334. The molecule has 1 aromatic rings. The summed E-state index contributed by atoms with van der Waals surface area (Å²) in [6.07, 6.45) is 6.89. The maximum absolute atomic E-state index is 11.1. The number of hydrogen-bond donors (Lipinski definition) is 2. The topological polar surface area (TPSA) is 68.0 Å². The Kier molecular flexibility index (Phi) is 2.96. The lowest BCUT2D eigenvalue weighted by Gasteiger charge is -2.21. The van der Waals surface area contributed by atoms with E-state index in [9.17, 15) is 4.79 Å². The molecule has 0 fully saturated rings. The number of nitrogens with zero attached hydrogens (tertiary/aromatic N) is 1. The molecule has 1 amide bonds. The third kappa shape index (κ3) is 2.71. The van der Waals surface area contributed by atoms with E-state index >= 15 is 0 Å². The molecule has 4 nitrogen and oxygen atoms in total. The highest BCUT2D eigenvalue weighted by Gasteiger charge is 2.17. The molecule has 0 aliphatic heterocycles. The first kappa shape index (κ1) is 11.1. The molecule has 4 heteroatoms. The number of nitrogens with one attached hydrogen (secondary N) is 1. The van der Waals surface area contributed by atoms with Crippen molar-refractivity contribution in [3.05, 3.63) is 23.9 Å². The summed E-state index contributed by atoms with van der Waals surface area (Å²) in [4.78, 5) is 15.1. The minimum Gasteiger partial charge on any atom is -0.365 e. The Morgan fingerprint density at radius 2 is 2.33 bits per heavy atom. The van der Waals surface area contributed by atoms with Crippen LogP contribution in [0.4, 0.5) is 5.82 Å². The summed E-state index contributed by atoms with van der Waals surface area (Å²) in [5, 5.41) is 2.97. The molecule has 1 rings (SSSR count). The summed E-state index contributed by atoms with van der Waals surface area (Å²) in [6.45, 7) is 3.62. The molecule has 15 heavy (non-hydrogen) atoms. The van der Waals surface area contributed by atoms with Gasteiger partial charge in [-0.2, -0.15) is 0 Å². The Morgan fingerprint density at radius 3 is 2.87 bits per heavy atom. The SMILES string of the molecule is C#CC(C)(C)Nc1ncccc1C(N)=O. The first-order valence-electron chi connectivity index (χ1n) is 4.47. The molecule has 1 heterocycles. The number of terminal acetylenes is 1. The highest BCUT2D eigenvalue weighted by molar-refractivity contribution is 5.97. The first-order chi connectivity index (χ1) is 6.96. The lowest BCUT2D eigenvalue weighted by atomic mass is 10.1. The smallest absolute Gasteiger partial charge is 0.252 e. The van der Waals surface area contributed by atoms with E-state index in [-0.39, 0.29) is 0 Å². The Hall–Kier alpha value is -2.02. The number of rotatable bonds is 3. The summed E-state index contributed by atoms with van der Waals surface area (Å²) < 4.78 is 0. The van der Waals surface area contributed by atoms with Crippen molar-refractivity contribution >= 4 is 11.7 Å². The van der Waals surface area contributed by atoms with E-state index in [0.29, 0.717) is 11.4 Å². The Morgan fingerprint density at radius 1 is 1.67 bits per heavy atom. The van der Waals surface area contributed by atoms with Crippen LogP contribution in [-0.2, 0) is 0 Å². The predicted molar refractivity (Wildman–Crippen MR) is 59.3 cm³/mol. The maximum atomic E-state index is 11.1. The van der Waals surface area contributed by atoms with Crippen molar-refractivity contribution < 1.29 is 4.79 Å². The molecular formula is C11H13N3O. The summed E-state index contributed by atoms with van der Waals surface area (Å²) >= 11 is 0. The third-order valence-electron chi connectivity index (χ3n) is 1.86. The Bertz CT molecular complexity index is 418. The molecule has 0 aliphatic carbocycles. The molecule has 0 unspecified atom stereocenters. The lowest BCUT2D eigenvalue weighted by Crippen LogP contribution is -2.30. The standard InChI is InChI=1S/C11H13N3O/c1-4-11(2,3)14-10-8(9(12)15)6-5-7-13-10/h1,5-7H,2-3H3,(H2,12,15)(H,13,14). The van der Waals surface area contributed by atoms with Gasteiger partial charge in [-0.3, -0.25) is 4.79 Å². The number of nitrogens with two attached hydrogens (primary N) is 1. The van der Waals surface area contributed by atoms with Crippen LogP contribution in [0.25, 0.3) is 0 Å². The van der Waals surface area contributed by atoms with E-state index < -0.39 is 11.4 Å². The van der Waals surface area contributed by atoms with E-state index in [1.54, 1.807) is 18.3 Å². The van der Waals surface area contributed by atoms with Gasteiger partial charge in [0.25, 0.3) is 5.91 Å². The average Bonchev–Trinajstić information content (AvgIpc) is 2.18. The van der Waals surface area contributed by atoms with Crippen LogP contribution in [0.2, 0.25) is 0 Å². The van der Waals surface area contributed by atoms with E-state index in [1.807, 2.05) is 13.8 Å². The fourth-order valence-electron chi connectivity index (χ4n) is 1.04. The van der Waals surface area contributed by atoms with Crippen LogP contribution in [0.1, 0.15) is 24.2 Å². The summed E-state index contributed by atoms with van der Waals surface area (Å²) in [6, 6.07) is 3.25. The number of pyridine rings is 1. The molecule has 0 radical (unpaired) electrons. The highest BCUT2D eigenvalue weighted by atomic mass is 16.1. The molecule has 3 N–H and O–H groups in total. The lowest BCUT2D eigenvalue weighted by molar-refractivity contribution is 0.100. The van der Waals surface area contributed by atoms with Crippen molar-refractivity contribution in [3.63, 3.8) is 0 Å². The zero-order valence-corrected chi connectivity index (χ0v) is 8.74. The molecule has 0 spiro atoms. The van der Waals surface area contributed by atoms with Gasteiger partial charge in [0.2, 0.25) is 0 Å². The largest absolute Gasteiger partial charge is 0.365 e. The molecule has 0 saturated carbocycles. The molecule has 0 aromatic carbocycles. The highest BCUT2D eigenvalue weighted by Crippen LogP contribution is 2.16. The van der Waals surface area contributed by atoms with Crippen LogP contribution in [0.3, 0.4) is 0 Å². The van der Waals surface area contributed by atoms with Gasteiger partial charge in [-0.1, -0.05) is 5.92 Å². The second-order valence-electron chi connectivity index (χ2n) is 3.66. The zero-order valence-electron chi connectivity index (χ0n) is 8.74. The van der Waals surface area contributed by atoms with Crippen LogP contribution in [-0.4, -0.2) is 16.4 Å². The normalized spacial score (nSPS) is 10.5. The van der Waals surface area contributed by atoms with Gasteiger partial charge in [0.1, 0.15) is 5.82 Å². The molecule has 1 aromatic heterocycles. The van der Waals surface area contributed by atoms with Crippen molar-refractivity contribution in [3.8, 4) is 12.3 Å². The first-order valence-corrected chi connectivity index (χ1v) is 4.47. The van der Waals surface area contributed by atoms with Crippen molar-refractivity contribution in [2.45, 2.75) is 19.4 Å². The number of aromatic nitrogens is 1. The molecule has 0 aliphatic rings. The molecule has 0 atom stereocenters. The number of carbonyl (C=O) groups is 1. The monoisotopic (exact) mass is 203 g/mol. The Balaban J connectivity index is 3.06. The maximum Gasteiger partial charge on any atom is 0.252 e. The molecule has 78 valence electrons. The van der Waals surface area contributed by atoms with E-state index in [4.69, 9.17) is 12.2 Å². The van der Waals surface area contributed by atoms with Crippen molar-refractivity contribution in [1.29, 1.82) is 0 Å². The van der Waals surface area contributed by atoms with Crippen LogP contribution in [0.5, 0.6) is 0 Å². The second-order valence-corrected chi connectivity index (χ2v) is 3.66. The van der Waals surface area contributed by atoms with E-state index in [0.717, 1.165) is 0 Å². The van der Waals surface area contributed by atoms with Crippen LogP contribution >= 0.6 is 0 Å². The number of carbonyl (C=O) groups excluding carboxylic acids is 1. The number of anilines is 1. The number of hydrogen-bond acceptors (Lipinski definition) is 3. The summed E-state index contributed by atoms with van der Waals surface area (Å²) in [5.41, 5.74) is 4.97. The predicted octanol–water partition coefficient (Wildman–Crippen LogP) is 1.00. The quantitative estimate of drug-likeness (QED) is 0.720. The summed E-state index contributed by atoms with van der Waals surface area (Å²) in [7, 11) is 0. The van der Waals surface area contributed by atoms with Gasteiger partial charge in [-0.25, -0.2) is 4.98 Å². The van der Waals surface area contributed by atoms with Crippen LogP contribution < -0.4 is 11.1 Å². The molecule has 0 bridgehead atoms. The van der Waals surface area contributed by atoms with E-state index in [2.05, 4.69) is 16.2 Å². The number of amides is 1. The summed E-state index contributed by atoms with van der Waals surface area (Å²) in [5.74, 6) is 2.43. The Labute approximate surface area is 88.9 Å². The minimum atomic E-state index is -0.571. The van der Waals surface area contributed by atoms with Gasteiger partial charge < -0.3 is 11.1 Å². The van der Waals surface area contributed by atoms with Crippen molar-refractivity contribution in [1.82, 2.24) is 4.98 Å². The van der Waals surface area contributed by atoms with Gasteiger partial charge in [-0.15, -0.1) is 6.42 Å². The molecule has 0 saturated heterocycles. The second kappa shape index (κ2) is 4.01. The van der Waals surface area contributed by atoms with Gasteiger partial charge in [0.15, 0.2) is 0 Å². The average molecular weight is 203 g/mol. The van der Waals surface area contributed by atoms with Crippen LogP contribution in [0.15, 0.2) is 18.3 Å². The van der Waals surface area contributed by atoms with Gasteiger partial charge >= 0.3 is 0 Å². The number of primary amides is 1. The fourth-order valence-corrected chi connectivity index (χ4v) is 1.04. The zero-order chi connectivity index (χ0) is 11.5. The van der Waals surface area contributed by atoms with Crippen molar-refractivity contribution in [2.75, 3.05) is 5.32 Å². The van der Waals surface area contributed by atoms with Gasteiger partial charge in [-0.05, 0) is 26.0 Å². The van der Waals surface area contributed by atoms with Gasteiger partial charge in [0, 0.05) is 6.20 Å². The molecular weight excluding hydrogens is 190 g/mol. The third-order valence-corrected chi connectivity index (χ3v) is 1.86. The van der Waals surface area contributed by atoms with Crippen LogP contribution in [0, 0.1) is 12.3 Å². The van der Waals surface area contributed by atoms with Crippen molar-refractivity contribution in [2.24, 2.45) is 5.73 Å². The van der Waals surface area contributed by atoms with Gasteiger partial charge in [0.05, 0.1) is 11.1 Å². The fraction of sp³-hybridized carbons (Fsp3) is 0.273.